The van der Waals surface area contributed by atoms with E-state index in [1.807, 2.05) is 30.3 Å². The van der Waals surface area contributed by atoms with E-state index in [1.165, 1.54) is 0 Å². The van der Waals surface area contributed by atoms with Crippen molar-refractivity contribution in [2.24, 2.45) is 0 Å². The van der Waals surface area contributed by atoms with Crippen molar-refractivity contribution in [3.63, 3.8) is 0 Å². The standard InChI is InChI=1S/C9H6N2/c10-11-8-4-7-9-5-2-1-3-6-9/h1-3,5-6,8H. The molecule has 0 aliphatic carbocycles. The molecule has 0 bridgehead atoms. The molecule has 0 spiro atoms. The number of hydrogen-bond acceptors (Lipinski definition) is 0. The van der Waals surface area contributed by atoms with Gasteiger partial charge in [0.2, 0.25) is 0 Å². The van der Waals surface area contributed by atoms with Gasteiger partial charge < -0.3 is 5.53 Å². The molecule has 0 aliphatic heterocycles. The van der Waals surface area contributed by atoms with Gasteiger partial charge in [-0.1, -0.05) is 24.1 Å². The molecule has 0 fully saturated rings. The summed E-state index contributed by atoms with van der Waals surface area (Å²) in [4.78, 5) is 2.75. The molecule has 0 aromatic heterocycles. The Morgan fingerprint density at radius 3 is 2.64 bits per heavy atom. The van der Waals surface area contributed by atoms with Crippen molar-refractivity contribution in [3.05, 3.63) is 41.4 Å². The zero-order valence-corrected chi connectivity index (χ0v) is 5.86. The minimum absolute atomic E-state index is 0.910. The molecule has 2 heteroatoms. The molecule has 1 rings (SSSR count). The summed E-state index contributed by atoms with van der Waals surface area (Å²) in [6.45, 7) is 0. The van der Waals surface area contributed by atoms with Gasteiger partial charge in [-0.25, -0.2) is 0 Å². The van der Waals surface area contributed by atoms with Crippen LogP contribution in [0.5, 0.6) is 0 Å². The fourth-order valence-electron chi connectivity index (χ4n) is 0.666. The number of benzene rings is 1. The van der Waals surface area contributed by atoms with Gasteiger partial charge in [-0.3, -0.25) is 0 Å². The average Bonchev–Trinajstić information content (AvgIpc) is 2.07. The number of rotatable bonds is 0. The maximum absolute atomic E-state index is 8.01. The van der Waals surface area contributed by atoms with Crippen LogP contribution in [0.4, 0.5) is 0 Å². The predicted molar refractivity (Wildman–Crippen MR) is 43.0 cm³/mol. The van der Waals surface area contributed by atoms with E-state index in [-0.39, 0.29) is 0 Å². The molecule has 0 unspecified atom stereocenters. The van der Waals surface area contributed by atoms with Gasteiger partial charge in [0.25, 0.3) is 0 Å². The zero-order chi connectivity index (χ0) is 7.94. The van der Waals surface area contributed by atoms with Gasteiger partial charge in [0.05, 0.1) is 0 Å². The lowest BCUT2D eigenvalue weighted by atomic mass is 10.2. The largest absolute Gasteiger partial charge is 0.361 e. The second-order valence-electron chi connectivity index (χ2n) is 1.88. The van der Waals surface area contributed by atoms with Crippen molar-refractivity contribution in [1.82, 2.24) is 0 Å². The molecule has 0 amide bonds. The third-order valence-corrected chi connectivity index (χ3v) is 1.11. The third-order valence-electron chi connectivity index (χ3n) is 1.11. The smallest absolute Gasteiger partial charge is 0.331 e. The fraction of sp³-hybridized carbons (Fsp3) is 0. The fourth-order valence-corrected chi connectivity index (χ4v) is 0.666. The van der Waals surface area contributed by atoms with Crippen molar-refractivity contribution in [3.8, 4) is 11.8 Å². The summed E-state index contributed by atoms with van der Waals surface area (Å²) in [6.07, 6.45) is 1.15. The number of hydrogen-bond donors (Lipinski definition) is 0. The topological polar surface area (TPSA) is 36.4 Å². The molecular weight excluding hydrogens is 136 g/mol. The molecule has 1 aromatic rings. The lowest BCUT2D eigenvalue weighted by molar-refractivity contribution is 0.00586. The van der Waals surface area contributed by atoms with Crippen LogP contribution in [0, 0.1) is 11.8 Å². The summed E-state index contributed by atoms with van der Waals surface area (Å²) in [7, 11) is 0. The molecule has 0 saturated heterocycles. The quantitative estimate of drug-likeness (QED) is 0.227. The Balaban J connectivity index is 2.82. The molecule has 0 atom stereocenters. The van der Waals surface area contributed by atoms with Gasteiger partial charge in [0.1, 0.15) is 0 Å². The molecule has 0 heterocycles. The summed E-state index contributed by atoms with van der Waals surface area (Å²) < 4.78 is 0. The Kier molecular flexibility index (Phi) is 2.68. The molecule has 52 valence electrons. The zero-order valence-electron chi connectivity index (χ0n) is 5.86. The highest BCUT2D eigenvalue weighted by Crippen LogP contribution is 1.93. The van der Waals surface area contributed by atoms with Gasteiger partial charge in [-0.15, -0.1) is 0 Å². The summed E-state index contributed by atoms with van der Waals surface area (Å²) in [6, 6.07) is 9.50. The number of nitrogens with zero attached hydrogens (tertiary/aromatic N) is 2. The minimum atomic E-state index is 0.910. The van der Waals surface area contributed by atoms with Crippen LogP contribution in [-0.2, 0) is 0 Å². The Morgan fingerprint density at radius 2 is 2.00 bits per heavy atom. The average molecular weight is 142 g/mol. The first kappa shape index (κ1) is 7.27. The summed E-state index contributed by atoms with van der Waals surface area (Å²) in [5, 5.41) is 0. The highest BCUT2D eigenvalue weighted by Gasteiger charge is 1.79. The van der Waals surface area contributed by atoms with Crippen molar-refractivity contribution >= 4 is 6.21 Å². The molecule has 11 heavy (non-hydrogen) atoms. The Hall–Kier alpha value is -1.84. The van der Waals surface area contributed by atoms with Crippen molar-refractivity contribution < 1.29 is 4.79 Å². The minimum Gasteiger partial charge on any atom is -0.361 e. The van der Waals surface area contributed by atoms with Gasteiger partial charge in [-0.2, -0.15) is 4.79 Å². The molecule has 0 N–H and O–H groups in total. The highest BCUT2D eigenvalue weighted by molar-refractivity contribution is 5.74. The van der Waals surface area contributed by atoms with Crippen molar-refractivity contribution in [1.29, 1.82) is 0 Å². The Bertz CT molecular complexity index is 324. The van der Waals surface area contributed by atoms with Crippen LogP contribution in [0.3, 0.4) is 0 Å². The first-order chi connectivity index (χ1) is 5.43. The van der Waals surface area contributed by atoms with E-state index in [9.17, 15) is 0 Å². The van der Waals surface area contributed by atoms with Crippen LogP contribution in [0.2, 0.25) is 0 Å². The maximum atomic E-state index is 8.01. The molecular formula is C9H6N2. The van der Waals surface area contributed by atoms with E-state index in [1.54, 1.807) is 0 Å². The van der Waals surface area contributed by atoms with Crippen LogP contribution in [0.25, 0.3) is 5.53 Å². The molecule has 2 nitrogen and oxygen atoms in total. The predicted octanol–water partition coefficient (Wildman–Crippen LogP) is 1.34. The van der Waals surface area contributed by atoms with E-state index < -0.39 is 0 Å². The first-order valence-corrected chi connectivity index (χ1v) is 3.16. The van der Waals surface area contributed by atoms with Gasteiger partial charge in [0, 0.05) is 11.5 Å². The maximum Gasteiger partial charge on any atom is 0.331 e. The normalized spacial score (nSPS) is 7.27. The van der Waals surface area contributed by atoms with Crippen molar-refractivity contribution in [2.75, 3.05) is 0 Å². The first-order valence-electron chi connectivity index (χ1n) is 3.16. The lowest BCUT2D eigenvalue weighted by Crippen LogP contribution is -1.71. The Labute approximate surface area is 65.1 Å². The van der Waals surface area contributed by atoms with Gasteiger partial charge >= 0.3 is 6.21 Å². The highest BCUT2D eigenvalue weighted by atomic mass is 14.8. The monoisotopic (exact) mass is 142 g/mol. The SMILES string of the molecule is [N-]=[N+]=CC#Cc1ccccc1. The summed E-state index contributed by atoms with van der Waals surface area (Å²) in [5.74, 6) is 5.35. The summed E-state index contributed by atoms with van der Waals surface area (Å²) in [5.41, 5.74) is 8.92. The van der Waals surface area contributed by atoms with E-state index in [0.29, 0.717) is 0 Å². The van der Waals surface area contributed by atoms with Crippen LogP contribution in [-0.4, -0.2) is 11.0 Å². The van der Waals surface area contributed by atoms with E-state index in [2.05, 4.69) is 16.6 Å². The third kappa shape index (κ3) is 2.49. The molecule has 0 radical (unpaired) electrons. The van der Waals surface area contributed by atoms with E-state index in [0.717, 1.165) is 11.8 Å². The van der Waals surface area contributed by atoms with Crippen molar-refractivity contribution in [2.45, 2.75) is 0 Å². The Morgan fingerprint density at radius 1 is 1.27 bits per heavy atom. The van der Waals surface area contributed by atoms with Crippen LogP contribution in [0.15, 0.2) is 30.3 Å². The second-order valence-corrected chi connectivity index (χ2v) is 1.88. The molecule has 0 aliphatic rings. The van der Waals surface area contributed by atoms with Crippen LogP contribution in [0.1, 0.15) is 5.56 Å². The lowest BCUT2D eigenvalue weighted by Gasteiger charge is -1.83. The molecule has 1 aromatic carbocycles. The molecule has 0 saturated carbocycles. The van der Waals surface area contributed by atoms with Crippen LogP contribution < -0.4 is 0 Å². The van der Waals surface area contributed by atoms with E-state index in [4.69, 9.17) is 5.53 Å². The second kappa shape index (κ2) is 4.05. The summed E-state index contributed by atoms with van der Waals surface area (Å²) >= 11 is 0. The van der Waals surface area contributed by atoms with Gasteiger partial charge in [-0.05, 0) is 12.1 Å². The van der Waals surface area contributed by atoms with Gasteiger partial charge in [0.15, 0.2) is 0 Å². The van der Waals surface area contributed by atoms with E-state index >= 15 is 0 Å². The van der Waals surface area contributed by atoms with Crippen LogP contribution >= 0.6 is 0 Å².